The summed E-state index contributed by atoms with van der Waals surface area (Å²) in [5.74, 6) is 0.605. The van der Waals surface area contributed by atoms with Gasteiger partial charge in [0.05, 0.1) is 5.56 Å². The number of nitrogens with one attached hydrogen (secondary N) is 2. The van der Waals surface area contributed by atoms with Crippen molar-refractivity contribution in [2.45, 2.75) is 19.6 Å². The summed E-state index contributed by atoms with van der Waals surface area (Å²) >= 11 is 0. The number of carbonyl (C=O) groups excluding carboxylic acids is 1. The van der Waals surface area contributed by atoms with Crippen LogP contribution in [0.25, 0.3) is 0 Å². The van der Waals surface area contributed by atoms with E-state index in [4.69, 9.17) is 0 Å². The summed E-state index contributed by atoms with van der Waals surface area (Å²) in [5.41, 5.74) is 1.67. The Morgan fingerprint density at radius 3 is 2.38 bits per heavy atom. The zero-order chi connectivity index (χ0) is 22.4. The normalized spacial score (nSPS) is 14.6. The Morgan fingerprint density at radius 1 is 1.06 bits per heavy atom. The number of anilines is 2. The van der Waals surface area contributed by atoms with Crippen molar-refractivity contribution in [2.24, 2.45) is 4.99 Å². The molecule has 0 saturated carbocycles. The number of aliphatic imine (C=N–C) groups is 1. The molecule has 0 spiro atoms. The molecule has 0 aromatic heterocycles. The monoisotopic (exact) mass is 561 g/mol. The first-order valence-electron chi connectivity index (χ1n) is 10.0. The Balaban J connectivity index is 0.00000363. The minimum atomic E-state index is -4.35. The highest BCUT2D eigenvalue weighted by Crippen LogP contribution is 2.31. The van der Waals surface area contributed by atoms with Gasteiger partial charge in [0.2, 0.25) is 5.91 Å². The third-order valence-corrected chi connectivity index (χ3v) is 5.03. The zero-order valence-electron chi connectivity index (χ0n) is 17.9. The smallest absolute Gasteiger partial charge is 0.368 e. The van der Waals surface area contributed by atoms with Crippen molar-refractivity contribution < 1.29 is 18.0 Å². The molecular weight excluding hydrogens is 534 g/mol. The number of amides is 1. The number of rotatable bonds is 4. The second-order valence-electron chi connectivity index (χ2n) is 7.30. The van der Waals surface area contributed by atoms with E-state index in [0.717, 1.165) is 23.3 Å². The van der Waals surface area contributed by atoms with Crippen LogP contribution >= 0.6 is 24.0 Å². The van der Waals surface area contributed by atoms with Crippen LogP contribution in [0, 0.1) is 0 Å². The molecule has 2 aromatic carbocycles. The molecule has 2 aromatic rings. The molecule has 0 radical (unpaired) electrons. The number of guanidine groups is 1. The highest BCUT2D eigenvalue weighted by Gasteiger charge is 2.31. The molecule has 2 N–H and O–H groups in total. The van der Waals surface area contributed by atoms with Gasteiger partial charge in [-0.05, 0) is 35.9 Å². The lowest BCUT2D eigenvalue weighted by molar-refractivity contribution is -0.137. The van der Waals surface area contributed by atoms with E-state index in [9.17, 15) is 18.0 Å². The summed E-state index contributed by atoms with van der Waals surface area (Å²) in [7, 11) is 1.70. The van der Waals surface area contributed by atoms with Gasteiger partial charge < -0.3 is 20.4 Å². The SMILES string of the molecule is CN=C(NCc1cccc(NC(C)=O)c1)N1CCN(c2cccc(C(F)(F)F)c2)CC1.I. The van der Waals surface area contributed by atoms with Crippen molar-refractivity contribution in [2.75, 3.05) is 43.4 Å². The van der Waals surface area contributed by atoms with Crippen LogP contribution in [0.1, 0.15) is 18.1 Å². The van der Waals surface area contributed by atoms with Crippen molar-refractivity contribution in [1.82, 2.24) is 10.2 Å². The van der Waals surface area contributed by atoms with Crippen molar-refractivity contribution >= 4 is 47.2 Å². The molecule has 1 heterocycles. The minimum absolute atomic E-state index is 0. The van der Waals surface area contributed by atoms with Crippen molar-refractivity contribution in [1.29, 1.82) is 0 Å². The van der Waals surface area contributed by atoms with E-state index in [1.54, 1.807) is 13.1 Å². The van der Waals surface area contributed by atoms with Crippen LogP contribution in [0.3, 0.4) is 0 Å². The van der Waals surface area contributed by atoms with Crippen LogP contribution in [0.15, 0.2) is 53.5 Å². The molecule has 0 bridgehead atoms. The van der Waals surface area contributed by atoms with Gasteiger partial charge in [-0.1, -0.05) is 18.2 Å². The molecule has 1 fully saturated rings. The molecule has 0 atom stereocenters. The minimum Gasteiger partial charge on any atom is -0.368 e. The molecule has 3 rings (SSSR count). The van der Waals surface area contributed by atoms with Crippen molar-refractivity contribution in [3.8, 4) is 0 Å². The van der Waals surface area contributed by atoms with E-state index < -0.39 is 11.7 Å². The van der Waals surface area contributed by atoms with Crippen molar-refractivity contribution in [3.63, 3.8) is 0 Å². The molecule has 174 valence electrons. The van der Waals surface area contributed by atoms with Gasteiger partial charge in [-0.15, -0.1) is 24.0 Å². The summed E-state index contributed by atoms with van der Waals surface area (Å²) in [4.78, 5) is 19.6. The Hall–Kier alpha value is -2.50. The maximum atomic E-state index is 13.0. The predicted octanol–water partition coefficient (Wildman–Crippen LogP) is 4.18. The van der Waals surface area contributed by atoms with Gasteiger partial charge in [0.1, 0.15) is 0 Å². The highest BCUT2D eigenvalue weighted by molar-refractivity contribution is 14.0. The average Bonchev–Trinajstić information content (AvgIpc) is 2.74. The fraction of sp³-hybridized carbons (Fsp3) is 0.364. The lowest BCUT2D eigenvalue weighted by Gasteiger charge is -2.37. The van der Waals surface area contributed by atoms with Gasteiger partial charge in [-0.25, -0.2) is 0 Å². The lowest BCUT2D eigenvalue weighted by atomic mass is 10.1. The number of hydrogen-bond donors (Lipinski definition) is 2. The highest BCUT2D eigenvalue weighted by atomic mass is 127. The summed E-state index contributed by atoms with van der Waals surface area (Å²) in [6, 6.07) is 13.0. The molecule has 1 aliphatic heterocycles. The van der Waals surface area contributed by atoms with Crippen LogP contribution in [-0.4, -0.2) is 50.0 Å². The Kier molecular flexibility index (Phi) is 9.17. The molecule has 10 heteroatoms. The van der Waals surface area contributed by atoms with Crippen LogP contribution in [0.2, 0.25) is 0 Å². The first-order chi connectivity index (χ1) is 14.8. The van der Waals surface area contributed by atoms with Crippen molar-refractivity contribution in [3.05, 3.63) is 59.7 Å². The van der Waals surface area contributed by atoms with Gasteiger partial charge in [0, 0.05) is 58.1 Å². The summed E-state index contributed by atoms with van der Waals surface area (Å²) in [5, 5.41) is 6.08. The van der Waals surface area contributed by atoms with Crippen LogP contribution < -0.4 is 15.5 Å². The molecular formula is C22H27F3IN5O. The van der Waals surface area contributed by atoms with Gasteiger partial charge in [0.25, 0.3) is 0 Å². The number of alkyl halides is 3. The average molecular weight is 561 g/mol. The molecule has 0 unspecified atom stereocenters. The number of halogens is 4. The molecule has 1 aliphatic rings. The first kappa shape index (κ1) is 25.8. The number of hydrogen-bond acceptors (Lipinski definition) is 3. The number of nitrogens with zero attached hydrogens (tertiary/aromatic N) is 3. The van der Waals surface area contributed by atoms with E-state index in [-0.39, 0.29) is 29.9 Å². The fourth-order valence-electron chi connectivity index (χ4n) is 3.53. The van der Waals surface area contributed by atoms with E-state index in [2.05, 4.69) is 20.5 Å². The van der Waals surface area contributed by atoms with E-state index >= 15 is 0 Å². The third-order valence-electron chi connectivity index (χ3n) is 5.03. The predicted molar refractivity (Wildman–Crippen MR) is 132 cm³/mol. The van der Waals surface area contributed by atoms with Crippen LogP contribution in [0.4, 0.5) is 24.5 Å². The van der Waals surface area contributed by atoms with Gasteiger partial charge >= 0.3 is 6.18 Å². The fourth-order valence-corrected chi connectivity index (χ4v) is 3.53. The third kappa shape index (κ3) is 7.01. The maximum absolute atomic E-state index is 13.0. The van der Waals surface area contributed by atoms with E-state index in [1.165, 1.54) is 19.1 Å². The zero-order valence-corrected chi connectivity index (χ0v) is 20.3. The standard InChI is InChI=1S/C22H26F3N5O.HI/c1-16(31)28-19-7-3-5-17(13-19)15-27-21(26-2)30-11-9-29(10-12-30)20-8-4-6-18(14-20)22(23,24)25;/h3-8,13-14H,9-12,15H2,1-2H3,(H,26,27)(H,28,31);1H. The van der Waals surface area contributed by atoms with Gasteiger partial charge in [0.15, 0.2) is 5.96 Å². The van der Waals surface area contributed by atoms with Gasteiger partial charge in [-0.3, -0.25) is 9.79 Å². The quantitative estimate of drug-likeness (QED) is 0.334. The number of benzene rings is 2. The Morgan fingerprint density at radius 2 is 1.75 bits per heavy atom. The van der Waals surface area contributed by atoms with Crippen LogP contribution in [-0.2, 0) is 17.5 Å². The second kappa shape index (κ2) is 11.4. The molecule has 1 saturated heterocycles. The second-order valence-corrected chi connectivity index (χ2v) is 7.30. The van der Waals surface area contributed by atoms with Gasteiger partial charge in [-0.2, -0.15) is 13.2 Å². The molecule has 32 heavy (non-hydrogen) atoms. The largest absolute Gasteiger partial charge is 0.416 e. The number of piperazine rings is 1. The van der Waals surface area contributed by atoms with E-state index in [0.29, 0.717) is 38.4 Å². The Bertz CT molecular complexity index is 943. The summed E-state index contributed by atoms with van der Waals surface area (Å²) in [6.07, 6.45) is -4.35. The Labute approximate surface area is 202 Å². The molecule has 0 aliphatic carbocycles. The summed E-state index contributed by atoms with van der Waals surface area (Å²) < 4.78 is 39.0. The van der Waals surface area contributed by atoms with E-state index in [1.807, 2.05) is 29.2 Å². The molecule has 1 amide bonds. The van der Waals surface area contributed by atoms with Crippen LogP contribution in [0.5, 0.6) is 0 Å². The molecule has 6 nitrogen and oxygen atoms in total. The number of carbonyl (C=O) groups is 1. The topological polar surface area (TPSA) is 60.0 Å². The summed E-state index contributed by atoms with van der Waals surface area (Å²) in [6.45, 7) is 4.48. The first-order valence-corrected chi connectivity index (χ1v) is 10.0. The maximum Gasteiger partial charge on any atom is 0.416 e. The lowest BCUT2D eigenvalue weighted by Crippen LogP contribution is -2.52.